The van der Waals surface area contributed by atoms with Crippen molar-refractivity contribution in [1.29, 1.82) is 0 Å². The van der Waals surface area contributed by atoms with Gasteiger partial charge < -0.3 is 9.47 Å². The number of hydrogen-bond donors (Lipinski definition) is 2. The zero-order valence-electron chi connectivity index (χ0n) is 10.6. The molecule has 1 aromatic rings. The molecular weight excluding hydrogens is 216 g/mol. The molecule has 0 amide bonds. The van der Waals surface area contributed by atoms with E-state index in [9.17, 15) is 0 Å². The van der Waals surface area contributed by atoms with Crippen LogP contribution in [0.25, 0.3) is 0 Å². The third kappa shape index (κ3) is 4.73. The van der Waals surface area contributed by atoms with Crippen molar-refractivity contribution in [3.63, 3.8) is 0 Å². The van der Waals surface area contributed by atoms with Gasteiger partial charge in [-0.1, -0.05) is 25.1 Å². The van der Waals surface area contributed by atoms with Crippen molar-refractivity contribution in [2.24, 2.45) is 5.84 Å². The van der Waals surface area contributed by atoms with E-state index in [0.29, 0.717) is 6.61 Å². The Bertz CT molecular complexity index is 318. The maximum absolute atomic E-state index is 5.52. The lowest BCUT2D eigenvalue weighted by Crippen LogP contribution is -2.40. The van der Waals surface area contributed by atoms with Gasteiger partial charge in [0.05, 0.1) is 13.7 Å². The van der Waals surface area contributed by atoms with Crippen LogP contribution >= 0.6 is 0 Å². The van der Waals surface area contributed by atoms with E-state index in [1.54, 1.807) is 7.11 Å². The van der Waals surface area contributed by atoms with Crippen molar-refractivity contribution in [3.8, 4) is 5.75 Å². The van der Waals surface area contributed by atoms with Gasteiger partial charge >= 0.3 is 0 Å². The first-order valence-corrected chi connectivity index (χ1v) is 5.97. The Balaban J connectivity index is 2.54. The minimum atomic E-state index is 0.109. The summed E-state index contributed by atoms with van der Waals surface area (Å²) in [5, 5.41) is 0. The summed E-state index contributed by atoms with van der Waals surface area (Å²) in [6.45, 7) is 3.47. The van der Waals surface area contributed by atoms with Crippen LogP contribution in [-0.2, 0) is 11.2 Å². The van der Waals surface area contributed by atoms with Gasteiger partial charge in [0.15, 0.2) is 0 Å². The zero-order valence-corrected chi connectivity index (χ0v) is 10.6. The molecule has 0 aliphatic rings. The number of nitrogens with two attached hydrogens (primary N) is 1. The van der Waals surface area contributed by atoms with E-state index in [4.69, 9.17) is 15.3 Å². The Morgan fingerprint density at radius 3 is 2.76 bits per heavy atom. The summed E-state index contributed by atoms with van der Waals surface area (Å²) in [7, 11) is 1.68. The molecule has 0 aliphatic carbocycles. The Hall–Kier alpha value is -1.10. The monoisotopic (exact) mass is 238 g/mol. The Morgan fingerprint density at radius 1 is 1.35 bits per heavy atom. The van der Waals surface area contributed by atoms with E-state index in [-0.39, 0.29) is 6.04 Å². The summed E-state index contributed by atoms with van der Waals surface area (Å²) in [5.74, 6) is 6.42. The molecule has 17 heavy (non-hydrogen) atoms. The fourth-order valence-corrected chi connectivity index (χ4v) is 1.67. The first-order chi connectivity index (χ1) is 8.31. The predicted octanol–water partition coefficient (Wildman–Crippen LogP) is 1.50. The molecule has 96 valence electrons. The third-order valence-corrected chi connectivity index (χ3v) is 2.56. The first kappa shape index (κ1) is 14.0. The Morgan fingerprint density at radius 2 is 2.12 bits per heavy atom. The second-order valence-electron chi connectivity index (χ2n) is 3.95. The van der Waals surface area contributed by atoms with Crippen LogP contribution < -0.4 is 16.0 Å². The average Bonchev–Trinajstić information content (AvgIpc) is 2.38. The summed E-state index contributed by atoms with van der Waals surface area (Å²) >= 11 is 0. The lowest BCUT2D eigenvalue weighted by Gasteiger charge is -2.17. The van der Waals surface area contributed by atoms with E-state index in [1.807, 2.05) is 24.3 Å². The molecule has 0 saturated heterocycles. The van der Waals surface area contributed by atoms with Gasteiger partial charge in [0.2, 0.25) is 0 Å². The molecule has 4 nitrogen and oxygen atoms in total. The highest BCUT2D eigenvalue weighted by Crippen LogP contribution is 2.18. The average molecular weight is 238 g/mol. The predicted molar refractivity (Wildman–Crippen MR) is 68.9 cm³/mol. The SMILES string of the molecule is CCCOCC(Cc1ccccc1OC)NN. The van der Waals surface area contributed by atoms with Crippen molar-refractivity contribution in [2.45, 2.75) is 25.8 Å². The smallest absolute Gasteiger partial charge is 0.122 e. The second kappa shape index (κ2) is 8.06. The van der Waals surface area contributed by atoms with Gasteiger partial charge in [-0.25, -0.2) is 0 Å². The molecule has 0 spiro atoms. The number of hydrogen-bond acceptors (Lipinski definition) is 4. The second-order valence-corrected chi connectivity index (χ2v) is 3.95. The van der Waals surface area contributed by atoms with Crippen LogP contribution in [0.3, 0.4) is 0 Å². The lowest BCUT2D eigenvalue weighted by molar-refractivity contribution is 0.111. The third-order valence-electron chi connectivity index (χ3n) is 2.56. The van der Waals surface area contributed by atoms with Crippen LogP contribution in [0.2, 0.25) is 0 Å². The molecule has 0 radical (unpaired) electrons. The molecule has 1 rings (SSSR count). The van der Waals surface area contributed by atoms with Gasteiger partial charge in [-0.05, 0) is 24.5 Å². The van der Waals surface area contributed by atoms with Crippen molar-refractivity contribution in [3.05, 3.63) is 29.8 Å². The van der Waals surface area contributed by atoms with Gasteiger partial charge in [0, 0.05) is 12.6 Å². The van der Waals surface area contributed by atoms with Gasteiger partial charge in [-0.3, -0.25) is 11.3 Å². The van der Waals surface area contributed by atoms with Gasteiger partial charge in [-0.15, -0.1) is 0 Å². The molecule has 0 bridgehead atoms. The summed E-state index contributed by atoms with van der Waals surface area (Å²) in [5.41, 5.74) is 3.92. The van der Waals surface area contributed by atoms with E-state index < -0.39 is 0 Å². The molecule has 1 atom stereocenters. The van der Waals surface area contributed by atoms with Crippen molar-refractivity contribution in [2.75, 3.05) is 20.3 Å². The van der Waals surface area contributed by atoms with Crippen LogP contribution in [0.1, 0.15) is 18.9 Å². The van der Waals surface area contributed by atoms with Crippen molar-refractivity contribution >= 4 is 0 Å². The Kier molecular flexibility index (Phi) is 6.62. The standard InChI is InChI=1S/C13H22N2O2/c1-3-8-17-10-12(15-14)9-11-6-4-5-7-13(11)16-2/h4-7,12,15H,3,8-10,14H2,1-2H3. The van der Waals surface area contributed by atoms with Crippen LogP contribution in [-0.4, -0.2) is 26.4 Å². The summed E-state index contributed by atoms with van der Waals surface area (Å²) in [6, 6.07) is 8.07. The molecule has 0 aromatic heterocycles. The normalized spacial score (nSPS) is 12.4. The highest BCUT2D eigenvalue weighted by molar-refractivity contribution is 5.33. The van der Waals surface area contributed by atoms with E-state index in [1.165, 1.54) is 0 Å². The molecule has 0 aliphatic heterocycles. The quantitative estimate of drug-likeness (QED) is 0.409. The summed E-state index contributed by atoms with van der Waals surface area (Å²) in [4.78, 5) is 0. The maximum atomic E-state index is 5.52. The van der Waals surface area contributed by atoms with Crippen molar-refractivity contribution < 1.29 is 9.47 Å². The molecular formula is C13H22N2O2. The van der Waals surface area contributed by atoms with Crippen LogP contribution in [0, 0.1) is 0 Å². The highest BCUT2D eigenvalue weighted by Gasteiger charge is 2.10. The first-order valence-electron chi connectivity index (χ1n) is 5.97. The molecule has 0 fully saturated rings. The number of rotatable bonds is 8. The maximum Gasteiger partial charge on any atom is 0.122 e. The highest BCUT2D eigenvalue weighted by atomic mass is 16.5. The molecule has 0 saturated carbocycles. The van der Waals surface area contributed by atoms with Gasteiger partial charge in [0.1, 0.15) is 5.75 Å². The van der Waals surface area contributed by atoms with Crippen LogP contribution in [0.5, 0.6) is 5.75 Å². The number of ether oxygens (including phenoxy) is 2. The summed E-state index contributed by atoms with van der Waals surface area (Å²) < 4.78 is 10.8. The number of para-hydroxylation sites is 1. The van der Waals surface area contributed by atoms with E-state index in [0.717, 1.165) is 30.8 Å². The fourth-order valence-electron chi connectivity index (χ4n) is 1.67. The Labute approximate surface area is 103 Å². The van der Waals surface area contributed by atoms with Crippen LogP contribution in [0.4, 0.5) is 0 Å². The molecule has 3 N–H and O–H groups in total. The molecule has 1 aromatic carbocycles. The number of nitrogens with one attached hydrogen (secondary N) is 1. The van der Waals surface area contributed by atoms with Gasteiger partial charge in [0.25, 0.3) is 0 Å². The van der Waals surface area contributed by atoms with Gasteiger partial charge in [-0.2, -0.15) is 0 Å². The lowest BCUT2D eigenvalue weighted by atomic mass is 10.1. The van der Waals surface area contributed by atoms with E-state index in [2.05, 4.69) is 12.3 Å². The number of hydrazine groups is 1. The molecule has 4 heteroatoms. The topological polar surface area (TPSA) is 56.5 Å². The molecule has 1 unspecified atom stereocenters. The minimum Gasteiger partial charge on any atom is -0.496 e. The number of benzene rings is 1. The summed E-state index contributed by atoms with van der Waals surface area (Å²) in [6.07, 6.45) is 1.82. The molecule has 0 heterocycles. The zero-order chi connectivity index (χ0) is 12.5. The van der Waals surface area contributed by atoms with Crippen molar-refractivity contribution in [1.82, 2.24) is 5.43 Å². The van der Waals surface area contributed by atoms with Crippen LogP contribution in [0.15, 0.2) is 24.3 Å². The minimum absolute atomic E-state index is 0.109. The fraction of sp³-hybridized carbons (Fsp3) is 0.538. The number of methoxy groups -OCH3 is 1. The largest absolute Gasteiger partial charge is 0.496 e. The van der Waals surface area contributed by atoms with E-state index >= 15 is 0 Å².